The van der Waals surface area contributed by atoms with Gasteiger partial charge in [0.25, 0.3) is 0 Å². The Morgan fingerprint density at radius 3 is 2.50 bits per heavy atom. The summed E-state index contributed by atoms with van der Waals surface area (Å²) in [7, 11) is 0. The third kappa shape index (κ3) is 5.95. The van der Waals surface area contributed by atoms with Crippen LogP contribution in [0.25, 0.3) is 0 Å². The van der Waals surface area contributed by atoms with Gasteiger partial charge in [0.2, 0.25) is 0 Å². The summed E-state index contributed by atoms with van der Waals surface area (Å²) < 4.78 is 0. The summed E-state index contributed by atoms with van der Waals surface area (Å²) in [6.45, 7) is 2.14. The van der Waals surface area contributed by atoms with E-state index in [-0.39, 0.29) is 0 Å². The number of amidine groups is 1. The minimum absolute atomic E-state index is 0.471. The largest absolute Gasteiger partial charge is 0.377 e. The van der Waals surface area contributed by atoms with Crippen molar-refractivity contribution in [1.82, 2.24) is 0 Å². The van der Waals surface area contributed by atoms with Crippen LogP contribution in [0.4, 0.5) is 0 Å². The molecule has 0 heterocycles. The van der Waals surface area contributed by atoms with Crippen LogP contribution in [0, 0.1) is 0 Å². The van der Waals surface area contributed by atoms with Gasteiger partial charge in [-0.3, -0.25) is 0 Å². The Balaban J connectivity index is 1.84. The molecule has 0 aromatic heterocycles. The van der Waals surface area contributed by atoms with E-state index in [1.165, 1.54) is 22.2 Å². The van der Waals surface area contributed by atoms with E-state index in [0.717, 1.165) is 17.1 Å². The number of benzene rings is 2. The molecule has 0 atom stereocenters. The van der Waals surface area contributed by atoms with Gasteiger partial charge in [-0.05, 0) is 29.0 Å². The van der Waals surface area contributed by atoms with Crippen LogP contribution in [0.3, 0.4) is 0 Å². The topological polar surface area (TPSA) is 50.7 Å². The Labute approximate surface area is 140 Å². The highest BCUT2D eigenvalue weighted by Gasteiger charge is 1.96. The Hall–Kier alpha value is -1.72. The highest BCUT2D eigenvalue weighted by atomic mass is 32.2. The second-order valence-corrected chi connectivity index (χ2v) is 6.79. The van der Waals surface area contributed by atoms with Crippen molar-refractivity contribution in [3.8, 4) is 0 Å². The fourth-order valence-corrected chi connectivity index (χ4v) is 3.00. The smallest absolute Gasteiger partial charge is 0.180 e. The summed E-state index contributed by atoms with van der Waals surface area (Å²) in [6, 6.07) is 18.4. The lowest BCUT2D eigenvalue weighted by atomic mass is 10.2. The van der Waals surface area contributed by atoms with Crippen molar-refractivity contribution in [2.45, 2.75) is 17.6 Å². The number of hydrogen-bond donors (Lipinski definition) is 1. The average molecular weight is 329 g/mol. The predicted octanol–water partition coefficient (Wildman–Crippen LogP) is 4.38. The molecule has 2 aromatic carbocycles. The molecule has 2 rings (SSSR count). The van der Waals surface area contributed by atoms with E-state index in [1.54, 1.807) is 6.21 Å². The van der Waals surface area contributed by atoms with Crippen molar-refractivity contribution in [2.24, 2.45) is 15.9 Å². The van der Waals surface area contributed by atoms with Crippen LogP contribution in [0.5, 0.6) is 0 Å². The molecule has 0 saturated carbocycles. The number of nitrogens with zero attached hydrogens (tertiary/aromatic N) is 2. The van der Waals surface area contributed by atoms with Gasteiger partial charge in [-0.1, -0.05) is 61.2 Å². The second-order valence-electron chi connectivity index (χ2n) is 4.46. The second kappa shape index (κ2) is 9.33. The summed E-state index contributed by atoms with van der Waals surface area (Å²) in [4.78, 5) is 1.26. The Morgan fingerprint density at radius 1 is 1.09 bits per heavy atom. The first-order valence-corrected chi connectivity index (χ1v) is 9.01. The Morgan fingerprint density at radius 2 is 1.82 bits per heavy atom. The van der Waals surface area contributed by atoms with Gasteiger partial charge in [0.15, 0.2) is 5.17 Å². The molecule has 0 aliphatic heterocycles. The summed E-state index contributed by atoms with van der Waals surface area (Å²) >= 11 is 3.31. The summed E-state index contributed by atoms with van der Waals surface area (Å²) in [5.74, 6) is 1.88. The van der Waals surface area contributed by atoms with Crippen LogP contribution in [0.15, 0.2) is 69.7 Å². The molecule has 0 saturated heterocycles. The maximum absolute atomic E-state index is 5.85. The van der Waals surface area contributed by atoms with Gasteiger partial charge in [0, 0.05) is 10.6 Å². The van der Waals surface area contributed by atoms with Crippen molar-refractivity contribution >= 4 is 34.9 Å². The molecule has 5 heteroatoms. The first kappa shape index (κ1) is 16.6. The third-order valence-electron chi connectivity index (χ3n) is 2.78. The molecule has 0 aliphatic carbocycles. The van der Waals surface area contributed by atoms with Crippen molar-refractivity contribution < 1.29 is 0 Å². The average Bonchev–Trinajstić information content (AvgIpc) is 2.56. The number of nitrogens with two attached hydrogens (primary N) is 1. The molecule has 22 heavy (non-hydrogen) atoms. The minimum Gasteiger partial charge on any atom is -0.377 e. The van der Waals surface area contributed by atoms with E-state index in [9.17, 15) is 0 Å². The van der Waals surface area contributed by atoms with Crippen LogP contribution in [0.2, 0.25) is 0 Å². The zero-order chi connectivity index (χ0) is 15.6. The zero-order valence-corrected chi connectivity index (χ0v) is 14.1. The predicted molar refractivity (Wildman–Crippen MR) is 99.8 cm³/mol. The maximum Gasteiger partial charge on any atom is 0.180 e. The van der Waals surface area contributed by atoms with Gasteiger partial charge in [0.1, 0.15) is 0 Å². The van der Waals surface area contributed by atoms with E-state index in [2.05, 4.69) is 41.4 Å². The van der Waals surface area contributed by atoms with E-state index < -0.39 is 0 Å². The van der Waals surface area contributed by atoms with Gasteiger partial charge in [-0.2, -0.15) is 5.10 Å². The van der Waals surface area contributed by atoms with Crippen LogP contribution < -0.4 is 5.73 Å². The molecule has 0 fully saturated rings. The summed E-state index contributed by atoms with van der Waals surface area (Å²) in [5.41, 5.74) is 8.08. The third-order valence-corrected chi connectivity index (χ3v) is 4.53. The fourth-order valence-electron chi connectivity index (χ4n) is 1.73. The highest BCUT2D eigenvalue weighted by Crippen LogP contribution is 2.17. The lowest BCUT2D eigenvalue weighted by Crippen LogP contribution is -2.05. The van der Waals surface area contributed by atoms with Gasteiger partial charge >= 0.3 is 0 Å². The van der Waals surface area contributed by atoms with Gasteiger partial charge in [0.05, 0.1) is 6.21 Å². The standard InChI is InChI=1S/C17H19N3S2/c1-2-21-16-10-8-14(9-11-16)12-19-20-17(18)22-13-15-6-4-3-5-7-15/h3-12H,2,13H2,1H3,(H2,18,20). The monoisotopic (exact) mass is 329 g/mol. The Kier molecular flexibility index (Phi) is 7.06. The molecule has 114 valence electrons. The van der Waals surface area contributed by atoms with Crippen molar-refractivity contribution in [1.29, 1.82) is 0 Å². The van der Waals surface area contributed by atoms with Gasteiger partial charge < -0.3 is 5.73 Å². The lowest BCUT2D eigenvalue weighted by molar-refractivity contribution is 1.25. The molecule has 0 amide bonds. The van der Waals surface area contributed by atoms with Crippen molar-refractivity contribution in [2.75, 3.05) is 5.75 Å². The first-order valence-electron chi connectivity index (χ1n) is 7.04. The number of thioether (sulfide) groups is 2. The zero-order valence-electron chi connectivity index (χ0n) is 12.5. The first-order chi connectivity index (χ1) is 10.8. The molecular weight excluding hydrogens is 310 g/mol. The molecule has 2 N–H and O–H groups in total. The van der Waals surface area contributed by atoms with E-state index >= 15 is 0 Å². The van der Waals surface area contributed by atoms with Crippen LogP contribution >= 0.6 is 23.5 Å². The highest BCUT2D eigenvalue weighted by molar-refractivity contribution is 8.13. The Bertz CT molecular complexity index is 622. The lowest BCUT2D eigenvalue weighted by Gasteiger charge is -1.99. The molecule has 0 spiro atoms. The van der Waals surface area contributed by atoms with Gasteiger partial charge in [-0.15, -0.1) is 16.9 Å². The van der Waals surface area contributed by atoms with Crippen LogP contribution in [0.1, 0.15) is 18.1 Å². The quantitative estimate of drug-likeness (QED) is 0.370. The number of hydrogen-bond acceptors (Lipinski definition) is 4. The fraction of sp³-hybridized carbons (Fsp3) is 0.176. The van der Waals surface area contributed by atoms with Crippen LogP contribution in [-0.4, -0.2) is 17.1 Å². The molecule has 0 aliphatic rings. The molecule has 0 unspecified atom stereocenters. The molecule has 0 bridgehead atoms. The molecule has 0 radical (unpaired) electrons. The van der Waals surface area contributed by atoms with Gasteiger partial charge in [-0.25, -0.2) is 0 Å². The van der Waals surface area contributed by atoms with Crippen LogP contribution in [-0.2, 0) is 5.75 Å². The van der Waals surface area contributed by atoms with E-state index in [1.807, 2.05) is 42.1 Å². The number of rotatable bonds is 6. The molecule has 2 aromatic rings. The molecule has 3 nitrogen and oxygen atoms in total. The van der Waals surface area contributed by atoms with Crippen molar-refractivity contribution in [3.63, 3.8) is 0 Å². The summed E-state index contributed by atoms with van der Waals surface area (Å²) in [5, 5.41) is 8.53. The van der Waals surface area contributed by atoms with Crippen molar-refractivity contribution in [3.05, 3.63) is 65.7 Å². The van der Waals surface area contributed by atoms with E-state index in [4.69, 9.17) is 5.73 Å². The molecular formula is C17H19N3S2. The normalized spacial score (nSPS) is 12.0. The summed E-state index contributed by atoms with van der Waals surface area (Å²) in [6.07, 6.45) is 1.72. The maximum atomic E-state index is 5.85. The van der Waals surface area contributed by atoms with E-state index in [0.29, 0.717) is 5.17 Å². The SMILES string of the molecule is CCSc1ccc(C=NN=C(N)SCc2ccccc2)cc1. The minimum atomic E-state index is 0.471.